The predicted octanol–water partition coefficient (Wildman–Crippen LogP) is -0.511. The molecule has 0 radical (unpaired) electrons. The van der Waals surface area contributed by atoms with Gasteiger partial charge in [0, 0.05) is 13.5 Å². The lowest BCUT2D eigenvalue weighted by molar-refractivity contribution is -0.149. The van der Waals surface area contributed by atoms with E-state index >= 15 is 0 Å². The lowest BCUT2D eigenvalue weighted by Gasteiger charge is -2.27. The first-order valence-corrected chi connectivity index (χ1v) is 4.75. The minimum atomic E-state index is -0.607. The van der Waals surface area contributed by atoms with Crippen LogP contribution in [0.3, 0.4) is 0 Å². The number of imide groups is 1. The molecule has 5 nitrogen and oxygen atoms in total. The van der Waals surface area contributed by atoms with E-state index in [1.165, 1.54) is 7.05 Å². The van der Waals surface area contributed by atoms with Gasteiger partial charge in [0.2, 0.25) is 11.8 Å². The minimum Gasteiger partial charge on any atom is -0.343 e. The Morgan fingerprint density at radius 3 is 2.86 bits per heavy atom. The fraction of sp³-hybridized carbons (Fsp3) is 0.625. The SMILES string of the molecule is CN1C(=O)CCC(NC(=O)CCl)C1=O. The van der Waals surface area contributed by atoms with Crippen LogP contribution in [-0.2, 0) is 14.4 Å². The predicted molar refractivity (Wildman–Crippen MR) is 49.7 cm³/mol. The van der Waals surface area contributed by atoms with E-state index in [4.69, 9.17) is 11.6 Å². The van der Waals surface area contributed by atoms with Crippen molar-refractivity contribution in [3.8, 4) is 0 Å². The van der Waals surface area contributed by atoms with Crippen molar-refractivity contribution in [3.05, 3.63) is 0 Å². The molecule has 1 rings (SSSR count). The van der Waals surface area contributed by atoms with Crippen molar-refractivity contribution in [2.45, 2.75) is 18.9 Å². The van der Waals surface area contributed by atoms with Crippen molar-refractivity contribution < 1.29 is 14.4 Å². The highest BCUT2D eigenvalue weighted by Crippen LogP contribution is 2.11. The van der Waals surface area contributed by atoms with Crippen LogP contribution < -0.4 is 5.32 Å². The molecular formula is C8H11ClN2O3. The minimum absolute atomic E-state index is 0.179. The van der Waals surface area contributed by atoms with Crippen LogP contribution in [-0.4, -0.2) is 41.6 Å². The lowest BCUT2D eigenvalue weighted by atomic mass is 10.0. The summed E-state index contributed by atoms with van der Waals surface area (Å²) in [6.07, 6.45) is 0.625. The van der Waals surface area contributed by atoms with Gasteiger partial charge in [0.05, 0.1) is 0 Å². The van der Waals surface area contributed by atoms with Gasteiger partial charge in [-0.15, -0.1) is 11.6 Å². The van der Waals surface area contributed by atoms with E-state index in [2.05, 4.69) is 5.32 Å². The summed E-state index contributed by atoms with van der Waals surface area (Å²) >= 11 is 5.28. The van der Waals surface area contributed by atoms with Crippen molar-refractivity contribution in [2.24, 2.45) is 0 Å². The largest absolute Gasteiger partial charge is 0.343 e. The second-order valence-electron chi connectivity index (χ2n) is 3.08. The van der Waals surface area contributed by atoms with Gasteiger partial charge in [-0.3, -0.25) is 19.3 Å². The third kappa shape index (κ3) is 2.23. The number of likely N-dealkylation sites (tertiary alicyclic amines) is 1. The number of nitrogens with zero attached hydrogens (tertiary/aromatic N) is 1. The summed E-state index contributed by atoms with van der Waals surface area (Å²) in [4.78, 5) is 34.5. The Kier molecular flexibility index (Phi) is 3.46. The molecule has 0 bridgehead atoms. The smallest absolute Gasteiger partial charge is 0.251 e. The number of hydrogen-bond acceptors (Lipinski definition) is 3. The van der Waals surface area contributed by atoms with E-state index in [0.29, 0.717) is 6.42 Å². The molecule has 1 aliphatic heterocycles. The Bertz CT molecular complexity index is 280. The number of alkyl halides is 1. The van der Waals surface area contributed by atoms with Gasteiger partial charge in [0.15, 0.2) is 0 Å². The van der Waals surface area contributed by atoms with E-state index in [9.17, 15) is 14.4 Å². The maximum atomic E-state index is 11.4. The first-order chi connectivity index (χ1) is 6.56. The van der Waals surface area contributed by atoms with Gasteiger partial charge in [-0.25, -0.2) is 0 Å². The summed E-state index contributed by atoms with van der Waals surface area (Å²) < 4.78 is 0. The number of carbonyl (C=O) groups excluding carboxylic acids is 3. The zero-order valence-electron chi connectivity index (χ0n) is 7.75. The highest BCUT2D eigenvalue weighted by Gasteiger charge is 2.32. The maximum Gasteiger partial charge on any atom is 0.251 e. The number of carbonyl (C=O) groups is 3. The molecule has 0 spiro atoms. The first kappa shape index (κ1) is 11.0. The van der Waals surface area contributed by atoms with Gasteiger partial charge >= 0.3 is 0 Å². The summed E-state index contributed by atoms with van der Waals surface area (Å²) in [7, 11) is 1.41. The summed E-state index contributed by atoms with van der Waals surface area (Å²) in [6, 6.07) is -0.607. The van der Waals surface area contributed by atoms with Crippen LogP contribution in [0.4, 0.5) is 0 Å². The quantitative estimate of drug-likeness (QED) is 0.502. The average Bonchev–Trinajstić information content (AvgIpc) is 2.19. The standard InChI is InChI=1S/C8H11ClN2O3/c1-11-7(13)3-2-5(8(11)14)10-6(12)4-9/h5H,2-4H2,1H3,(H,10,12). The van der Waals surface area contributed by atoms with E-state index in [0.717, 1.165) is 4.90 Å². The van der Waals surface area contributed by atoms with Crippen LogP contribution in [0.5, 0.6) is 0 Å². The van der Waals surface area contributed by atoms with E-state index in [1.807, 2.05) is 0 Å². The summed E-state index contributed by atoms with van der Waals surface area (Å²) in [5.41, 5.74) is 0. The molecule has 1 N–H and O–H groups in total. The van der Waals surface area contributed by atoms with Gasteiger partial charge in [-0.2, -0.15) is 0 Å². The average molecular weight is 219 g/mol. The molecule has 14 heavy (non-hydrogen) atoms. The number of likely N-dealkylation sites (N-methyl/N-ethyl adjacent to an activating group) is 1. The number of halogens is 1. The third-order valence-corrected chi connectivity index (χ3v) is 2.35. The fourth-order valence-electron chi connectivity index (χ4n) is 1.28. The fourth-order valence-corrected chi connectivity index (χ4v) is 1.36. The molecule has 78 valence electrons. The molecule has 0 aromatic heterocycles. The molecule has 3 amide bonds. The molecule has 6 heteroatoms. The lowest BCUT2D eigenvalue weighted by Crippen LogP contribution is -2.53. The summed E-state index contributed by atoms with van der Waals surface area (Å²) in [5, 5.41) is 2.45. The van der Waals surface area contributed by atoms with Crippen LogP contribution in [0.15, 0.2) is 0 Å². The maximum absolute atomic E-state index is 11.4. The van der Waals surface area contributed by atoms with E-state index in [1.54, 1.807) is 0 Å². The van der Waals surface area contributed by atoms with Crippen molar-refractivity contribution in [3.63, 3.8) is 0 Å². The van der Waals surface area contributed by atoms with Crippen molar-refractivity contribution in [1.29, 1.82) is 0 Å². The van der Waals surface area contributed by atoms with Crippen molar-refractivity contribution in [2.75, 3.05) is 12.9 Å². The molecule has 1 atom stereocenters. The topological polar surface area (TPSA) is 66.5 Å². The summed E-state index contributed by atoms with van der Waals surface area (Å²) in [5.74, 6) is -1.17. The zero-order chi connectivity index (χ0) is 10.7. The first-order valence-electron chi connectivity index (χ1n) is 4.22. The van der Waals surface area contributed by atoms with Gasteiger partial charge in [0.1, 0.15) is 11.9 Å². The Balaban J connectivity index is 2.59. The number of nitrogens with one attached hydrogen (secondary N) is 1. The number of rotatable bonds is 2. The Morgan fingerprint density at radius 1 is 1.64 bits per heavy atom. The van der Waals surface area contributed by atoms with Gasteiger partial charge in [-0.1, -0.05) is 0 Å². The van der Waals surface area contributed by atoms with Crippen LogP contribution in [0.2, 0.25) is 0 Å². The number of hydrogen-bond donors (Lipinski definition) is 1. The monoisotopic (exact) mass is 218 g/mol. The second-order valence-corrected chi connectivity index (χ2v) is 3.35. The normalized spacial score (nSPS) is 22.4. The van der Waals surface area contributed by atoms with Crippen LogP contribution in [0, 0.1) is 0 Å². The van der Waals surface area contributed by atoms with Crippen LogP contribution >= 0.6 is 11.6 Å². The van der Waals surface area contributed by atoms with E-state index in [-0.39, 0.29) is 24.1 Å². The number of amides is 3. The second kappa shape index (κ2) is 4.41. The van der Waals surface area contributed by atoms with Gasteiger partial charge < -0.3 is 5.32 Å². The Labute approximate surface area is 86.4 Å². The molecule has 1 heterocycles. The molecule has 1 saturated heterocycles. The van der Waals surface area contributed by atoms with Gasteiger partial charge in [0.25, 0.3) is 5.91 Å². The third-order valence-electron chi connectivity index (χ3n) is 2.11. The zero-order valence-corrected chi connectivity index (χ0v) is 8.50. The summed E-state index contributed by atoms with van der Waals surface area (Å²) in [6.45, 7) is 0. The Morgan fingerprint density at radius 2 is 2.29 bits per heavy atom. The highest BCUT2D eigenvalue weighted by atomic mass is 35.5. The molecule has 0 aromatic rings. The molecule has 1 unspecified atom stereocenters. The molecule has 0 aromatic carbocycles. The van der Waals surface area contributed by atoms with Crippen molar-refractivity contribution >= 4 is 29.3 Å². The van der Waals surface area contributed by atoms with Gasteiger partial charge in [-0.05, 0) is 6.42 Å². The van der Waals surface area contributed by atoms with Crippen LogP contribution in [0.1, 0.15) is 12.8 Å². The Hall–Kier alpha value is -1.10. The van der Waals surface area contributed by atoms with Crippen LogP contribution in [0.25, 0.3) is 0 Å². The number of piperidine rings is 1. The molecule has 0 aliphatic carbocycles. The molecule has 0 saturated carbocycles. The highest BCUT2D eigenvalue weighted by molar-refractivity contribution is 6.27. The van der Waals surface area contributed by atoms with E-state index < -0.39 is 11.9 Å². The molecular weight excluding hydrogens is 208 g/mol. The molecule has 1 aliphatic rings. The van der Waals surface area contributed by atoms with Crippen molar-refractivity contribution in [1.82, 2.24) is 10.2 Å². The molecule has 1 fully saturated rings.